The van der Waals surface area contributed by atoms with Crippen LogP contribution in [0.1, 0.15) is 39.5 Å². The summed E-state index contributed by atoms with van der Waals surface area (Å²) in [6.45, 7) is 4.51. The lowest BCUT2D eigenvalue weighted by molar-refractivity contribution is 0.334. The predicted octanol–water partition coefficient (Wildman–Crippen LogP) is 2.17. The minimum absolute atomic E-state index is 0.680. The monoisotopic (exact) mass is 153 g/mol. The smallest absolute Gasteiger partial charge is 0.0100 e. The van der Waals surface area contributed by atoms with Crippen LogP contribution in [0.25, 0.3) is 0 Å². The Hall–Kier alpha value is -0.0400. The summed E-state index contributed by atoms with van der Waals surface area (Å²) in [6, 6.07) is 1.55. The van der Waals surface area contributed by atoms with Crippen molar-refractivity contribution in [1.29, 1.82) is 0 Å². The van der Waals surface area contributed by atoms with Crippen LogP contribution in [0, 0.1) is 11.8 Å². The standard InChI is InChI=1S/C10H19N/c1-7(2)11-10-5-3-4-8-6-9(8)10/h7-11H,3-6H2,1-2H3/t8-,9+,10?/m0/s1. The molecule has 0 radical (unpaired) electrons. The molecule has 1 heteroatoms. The SMILES string of the molecule is CC(C)NC1CCC[C@H]2C[C@@H]12. The topological polar surface area (TPSA) is 12.0 Å². The fourth-order valence-electron chi connectivity index (χ4n) is 2.54. The molecule has 2 aliphatic carbocycles. The first-order valence-electron chi connectivity index (χ1n) is 5.03. The van der Waals surface area contributed by atoms with Crippen LogP contribution in [-0.4, -0.2) is 12.1 Å². The summed E-state index contributed by atoms with van der Waals surface area (Å²) in [7, 11) is 0. The molecule has 1 N–H and O–H groups in total. The third-order valence-corrected chi connectivity index (χ3v) is 3.13. The van der Waals surface area contributed by atoms with Crippen molar-refractivity contribution >= 4 is 0 Å². The van der Waals surface area contributed by atoms with Gasteiger partial charge in [0.1, 0.15) is 0 Å². The Morgan fingerprint density at radius 1 is 1.27 bits per heavy atom. The third-order valence-electron chi connectivity index (χ3n) is 3.13. The molecule has 2 aliphatic rings. The number of nitrogens with one attached hydrogen (secondary N) is 1. The van der Waals surface area contributed by atoms with Crippen LogP contribution in [0.15, 0.2) is 0 Å². The molecule has 0 aromatic carbocycles. The van der Waals surface area contributed by atoms with Gasteiger partial charge in [-0.1, -0.05) is 26.7 Å². The van der Waals surface area contributed by atoms with Crippen molar-refractivity contribution in [2.45, 2.75) is 51.6 Å². The molecule has 0 amide bonds. The molecule has 1 nitrogen and oxygen atoms in total. The first kappa shape index (κ1) is 7.60. The summed E-state index contributed by atoms with van der Waals surface area (Å²) >= 11 is 0. The van der Waals surface area contributed by atoms with Crippen molar-refractivity contribution < 1.29 is 0 Å². The number of fused-ring (bicyclic) bond motifs is 1. The fourth-order valence-corrected chi connectivity index (χ4v) is 2.54. The Bertz CT molecular complexity index is 142. The van der Waals surface area contributed by atoms with Gasteiger partial charge in [0.25, 0.3) is 0 Å². The van der Waals surface area contributed by atoms with Crippen LogP contribution >= 0.6 is 0 Å². The Kier molecular flexibility index (Phi) is 1.92. The highest BCUT2D eigenvalue weighted by atomic mass is 15.0. The van der Waals surface area contributed by atoms with E-state index in [1.807, 2.05) is 0 Å². The summed E-state index contributed by atoms with van der Waals surface area (Å²) in [5.74, 6) is 2.17. The van der Waals surface area contributed by atoms with E-state index in [4.69, 9.17) is 0 Å². The van der Waals surface area contributed by atoms with Gasteiger partial charge < -0.3 is 5.32 Å². The largest absolute Gasteiger partial charge is 0.311 e. The van der Waals surface area contributed by atoms with Gasteiger partial charge in [0.2, 0.25) is 0 Å². The Labute approximate surface area is 69.6 Å². The van der Waals surface area contributed by atoms with Gasteiger partial charge in [-0.2, -0.15) is 0 Å². The van der Waals surface area contributed by atoms with Crippen LogP contribution in [0.2, 0.25) is 0 Å². The van der Waals surface area contributed by atoms with Gasteiger partial charge in [0, 0.05) is 12.1 Å². The summed E-state index contributed by atoms with van der Waals surface area (Å²) < 4.78 is 0. The molecule has 1 unspecified atom stereocenters. The molecule has 2 fully saturated rings. The molecule has 3 atom stereocenters. The van der Waals surface area contributed by atoms with E-state index in [2.05, 4.69) is 19.2 Å². The lowest BCUT2D eigenvalue weighted by Gasteiger charge is -2.24. The highest BCUT2D eigenvalue weighted by Crippen LogP contribution is 2.49. The molecule has 0 aromatic rings. The van der Waals surface area contributed by atoms with Crippen molar-refractivity contribution in [3.05, 3.63) is 0 Å². The quantitative estimate of drug-likeness (QED) is 0.641. The summed E-state index contributed by atoms with van der Waals surface area (Å²) in [6.07, 6.45) is 5.93. The highest BCUT2D eigenvalue weighted by Gasteiger charge is 2.44. The first-order chi connectivity index (χ1) is 5.27. The van der Waals surface area contributed by atoms with E-state index in [1.165, 1.54) is 25.7 Å². The normalized spacial score (nSPS) is 42.3. The molecule has 0 saturated heterocycles. The zero-order valence-corrected chi connectivity index (χ0v) is 7.64. The number of hydrogen-bond donors (Lipinski definition) is 1. The molecule has 0 aromatic heterocycles. The zero-order chi connectivity index (χ0) is 7.84. The summed E-state index contributed by atoms with van der Waals surface area (Å²) in [5.41, 5.74) is 0. The molecule has 0 spiro atoms. The molecule has 64 valence electrons. The zero-order valence-electron chi connectivity index (χ0n) is 7.64. The van der Waals surface area contributed by atoms with E-state index >= 15 is 0 Å². The third kappa shape index (κ3) is 1.58. The van der Waals surface area contributed by atoms with Gasteiger partial charge >= 0.3 is 0 Å². The van der Waals surface area contributed by atoms with E-state index in [0.29, 0.717) is 6.04 Å². The minimum Gasteiger partial charge on any atom is -0.311 e. The van der Waals surface area contributed by atoms with Crippen molar-refractivity contribution in [3.63, 3.8) is 0 Å². The second-order valence-electron chi connectivity index (χ2n) is 4.52. The van der Waals surface area contributed by atoms with Crippen molar-refractivity contribution in [2.75, 3.05) is 0 Å². The van der Waals surface area contributed by atoms with Crippen molar-refractivity contribution in [1.82, 2.24) is 5.32 Å². The van der Waals surface area contributed by atoms with Gasteiger partial charge in [0.15, 0.2) is 0 Å². The Morgan fingerprint density at radius 2 is 2.09 bits per heavy atom. The molecular formula is C10H19N. The minimum atomic E-state index is 0.680. The molecule has 0 aliphatic heterocycles. The van der Waals surface area contributed by atoms with Crippen LogP contribution in [0.5, 0.6) is 0 Å². The van der Waals surface area contributed by atoms with Gasteiger partial charge in [-0.05, 0) is 24.7 Å². The van der Waals surface area contributed by atoms with Crippen LogP contribution in [0.4, 0.5) is 0 Å². The first-order valence-corrected chi connectivity index (χ1v) is 5.03. The lowest BCUT2D eigenvalue weighted by atomic mass is 9.95. The van der Waals surface area contributed by atoms with E-state index in [-0.39, 0.29) is 0 Å². The number of rotatable bonds is 2. The van der Waals surface area contributed by atoms with Crippen LogP contribution < -0.4 is 5.32 Å². The van der Waals surface area contributed by atoms with Gasteiger partial charge in [0.05, 0.1) is 0 Å². The van der Waals surface area contributed by atoms with Gasteiger partial charge in [-0.15, -0.1) is 0 Å². The molecule has 0 heterocycles. The fraction of sp³-hybridized carbons (Fsp3) is 1.00. The van der Waals surface area contributed by atoms with E-state index in [9.17, 15) is 0 Å². The highest BCUT2D eigenvalue weighted by molar-refractivity contribution is 4.98. The van der Waals surface area contributed by atoms with Crippen molar-refractivity contribution in [2.24, 2.45) is 11.8 Å². The maximum Gasteiger partial charge on any atom is 0.0100 e. The molecule has 2 rings (SSSR count). The Balaban J connectivity index is 1.83. The van der Waals surface area contributed by atoms with E-state index < -0.39 is 0 Å². The second kappa shape index (κ2) is 2.78. The second-order valence-corrected chi connectivity index (χ2v) is 4.52. The number of hydrogen-bond acceptors (Lipinski definition) is 1. The lowest BCUT2D eigenvalue weighted by Crippen LogP contribution is -2.38. The summed E-state index contributed by atoms with van der Waals surface area (Å²) in [4.78, 5) is 0. The maximum absolute atomic E-state index is 3.67. The molecular weight excluding hydrogens is 134 g/mol. The summed E-state index contributed by atoms with van der Waals surface area (Å²) in [5, 5.41) is 3.67. The van der Waals surface area contributed by atoms with E-state index in [0.717, 1.165) is 17.9 Å². The van der Waals surface area contributed by atoms with Gasteiger partial charge in [-0.3, -0.25) is 0 Å². The molecule has 0 bridgehead atoms. The van der Waals surface area contributed by atoms with Crippen LogP contribution in [0.3, 0.4) is 0 Å². The molecule has 11 heavy (non-hydrogen) atoms. The predicted molar refractivity (Wildman–Crippen MR) is 47.5 cm³/mol. The Morgan fingerprint density at radius 3 is 2.82 bits per heavy atom. The average Bonchev–Trinajstić information content (AvgIpc) is 2.65. The van der Waals surface area contributed by atoms with Crippen molar-refractivity contribution in [3.8, 4) is 0 Å². The van der Waals surface area contributed by atoms with Gasteiger partial charge in [-0.25, -0.2) is 0 Å². The van der Waals surface area contributed by atoms with E-state index in [1.54, 1.807) is 0 Å². The molecule has 2 saturated carbocycles. The maximum atomic E-state index is 3.67. The van der Waals surface area contributed by atoms with Crippen LogP contribution in [-0.2, 0) is 0 Å². The average molecular weight is 153 g/mol.